The summed E-state index contributed by atoms with van der Waals surface area (Å²) in [4.78, 5) is 19.9. The van der Waals surface area contributed by atoms with Crippen molar-refractivity contribution in [1.82, 2.24) is 14.7 Å². The topological polar surface area (TPSA) is 26.8 Å². The first kappa shape index (κ1) is 17.8. The zero-order valence-electron chi connectivity index (χ0n) is 14.7. The van der Waals surface area contributed by atoms with Crippen LogP contribution in [-0.4, -0.2) is 77.9 Å². The molecular weight excluding hydrogens is 318 g/mol. The molecule has 1 aromatic carbocycles. The van der Waals surface area contributed by atoms with Crippen LogP contribution in [0.5, 0.6) is 0 Å². The Hall–Kier alpha value is -1.04. The maximum absolute atomic E-state index is 12.8. The van der Waals surface area contributed by atoms with E-state index in [9.17, 15) is 4.79 Å². The zero-order chi connectivity index (χ0) is 16.8. The van der Waals surface area contributed by atoms with Crippen LogP contribution in [0.4, 0.5) is 0 Å². The Labute approximate surface area is 150 Å². The Morgan fingerprint density at radius 3 is 2.50 bits per heavy atom. The fourth-order valence-corrected chi connectivity index (χ4v) is 4.67. The van der Waals surface area contributed by atoms with E-state index in [0.29, 0.717) is 12.3 Å². The van der Waals surface area contributed by atoms with Crippen molar-refractivity contribution in [2.45, 2.75) is 19.4 Å². The molecule has 2 saturated heterocycles. The van der Waals surface area contributed by atoms with Gasteiger partial charge in [0, 0.05) is 57.2 Å². The van der Waals surface area contributed by atoms with E-state index in [-0.39, 0.29) is 6.04 Å². The quantitative estimate of drug-likeness (QED) is 0.817. The van der Waals surface area contributed by atoms with Gasteiger partial charge in [-0.2, -0.15) is 11.8 Å². The van der Waals surface area contributed by atoms with E-state index in [1.807, 2.05) is 17.8 Å². The number of thioether (sulfide) groups is 1. The minimum Gasteiger partial charge on any atom is -0.334 e. The average molecular weight is 348 g/mol. The van der Waals surface area contributed by atoms with E-state index in [1.165, 1.54) is 5.56 Å². The molecule has 2 aliphatic rings. The van der Waals surface area contributed by atoms with Crippen LogP contribution >= 0.6 is 11.8 Å². The van der Waals surface area contributed by atoms with Crippen molar-refractivity contribution in [2.75, 3.05) is 57.3 Å². The highest BCUT2D eigenvalue weighted by Gasteiger charge is 2.28. The van der Waals surface area contributed by atoms with Crippen molar-refractivity contribution in [2.24, 2.45) is 0 Å². The van der Waals surface area contributed by atoms with E-state index in [1.54, 1.807) is 0 Å². The van der Waals surface area contributed by atoms with E-state index < -0.39 is 0 Å². The normalized spacial score (nSPS) is 23.4. The lowest BCUT2D eigenvalue weighted by Gasteiger charge is -2.37. The molecule has 3 rings (SSSR count). The summed E-state index contributed by atoms with van der Waals surface area (Å²) in [6.45, 7) is 9.61. The number of benzene rings is 1. The highest BCUT2D eigenvalue weighted by atomic mass is 32.2. The van der Waals surface area contributed by atoms with Gasteiger partial charge in [-0.25, -0.2) is 0 Å². The van der Waals surface area contributed by atoms with Crippen LogP contribution in [0.25, 0.3) is 0 Å². The van der Waals surface area contributed by atoms with Gasteiger partial charge in [-0.05, 0) is 12.1 Å². The van der Waals surface area contributed by atoms with Crippen LogP contribution in [0.3, 0.4) is 0 Å². The van der Waals surface area contributed by atoms with Crippen LogP contribution < -0.4 is 0 Å². The summed E-state index contributed by atoms with van der Waals surface area (Å²) in [5, 5.41) is 0. The van der Waals surface area contributed by atoms with Crippen molar-refractivity contribution in [3.05, 3.63) is 35.9 Å². The number of nitrogens with zero attached hydrogens (tertiary/aromatic N) is 3. The second-order valence-corrected chi connectivity index (χ2v) is 7.76. The maximum Gasteiger partial charge on any atom is 0.224 e. The minimum absolute atomic E-state index is 0.245. The number of amides is 1. The van der Waals surface area contributed by atoms with Gasteiger partial charge in [-0.3, -0.25) is 4.79 Å². The SMILES string of the molecule is CCN1CCN(CCC(=O)N2CCSC[C@@H]2c2ccccc2)CC1. The van der Waals surface area contributed by atoms with Gasteiger partial charge in [-0.15, -0.1) is 0 Å². The van der Waals surface area contributed by atoms with E-state index in [2.05, 4.69) is 45.9 Å². The largest absolute Gasteiger partial charge is 0.334 e. The van der Waals surface area contributed by atoms with Crippen LogP contribution in [-0.2, 0) is 4.79 Å². The monoisotopic (exact) mass is 347 g/mol. The third-order valence-electron chi connectivity index (χ3n) is 5.19. The molecule has 5 heteroatoms. The number of hydrogen-bond acceptors (Lipinski definition) is 4. The first-order valence-corrected chi connectivity index (χ1v) is 10.3. The van der Waals surface area contributed by atoms with Crippen LogP contribution in [0.15, 0.2) is 30.3 Å². The molecule has 4 nitrogen and oxygen atoms in total. The fourth-order valence-electron chi connectivity index (χ4n) is 3.58. The zero-order valence-corrected chi connectivity index (χ0v) is 15.5. The molecule has 132 valence electrons. The number of piperazine rings is 1. The van der Waals surface area contributed by atoms with Gasteiger partial charge in [0.25, 0.3) is 0 Å². The van der Waals surface area contributed by atoms with Gasteiger partial charge < -0.3 is 14.7 Å². The summed E-state index contributed by atoms with van der Waals surface area (Å²) in [7, 11) is 0. The molecule has 2 heterocycles. The smallest absolute Gasteiger partial charge is 0.224 e. The van der Waals surface area contributed by atoms with E-state index in [4.69, 9.17) is 0 Å². The maximum atomic E-state index is 12.8. The molecule has 2 fully saturated rings. The number of likely N-dealkylation sites (N-methyl/N-ethyl adjacent to an activating group) is 1. The first-order valence-electron chi connectivity index (χ1n) is 9.15. The number of rotatable bonds is 5. The molecule has 0 unspecified atom stereocenters. The van der Waals surface area contributed by atoms with Crippen molar-refractivity contribution in [3.8, 4) is 0 Å². The Kier molecular flexibility index (Phi) is 6.58. The predicted octanol–water partition coefficient (Wildman–Crippen LogP) is 2.33. The molecule has 0 radical (unpaired) electrons. The molecule has 0 spiro atoms. The van der Waals surface area contributed by atoms with E-state index in [0.717, 1.165) is 57.3 Å². The lowest BCUT2D eigenvalue weighted by atomic mass is 10.1. The van der Waals surface area contributed by atoms with Gasteiger partial charge in [-0.1, -0.05) is 37.3 Å². The van der Waals surface area contributed by atoms with E-state index >= 15 is 0 Å². The first-order chi connectivity index (χ1) is 11.8. The molecule has 24 heavy (non-hydrogen) atoms. The summed E-state index contributed by atoms with van der Waals surface area (Å²) < 4.78 is 0. The minimum atomic E-state index is 0.245. The molecule has 1 atom stereocenters. The van der Waals surface area contributed by atoms with Gasteiger partial charge >= 0.3 is 0 Å². The van der Waals surface area contributed by atoms with Gasteiger partial charge in [0.05, 0.1) is 6.04 Å². The van der Waals surface area contributed by atoms with Crippen molar-refractivity contribution in [3.63, 3.8) is 0 Å². The Morgan fingerprint density at radius 1 is 1.08 bits per heavy atom. The van der Waals surface area contributed by atoms with Gasteiger partial charge in [0.1, 0.15) is 0 Å². The predicted molar refractivity (Wildman–Crippen MR) is 101 cm³/mol. The summed E-state index contributed by atoms with van der Waals surface area (Å²) >= 11 is 1.96. The standard InChI is InChI=1S/C19H29N3OS/c1-2-20-10-12-21(13-11-20)9-8-19(23)22-14-15-24-16-18(22)17-6-4-3-5-7-17/h3-7,18H,2,8-16H2,1H3/t18-/m1/s1. The van der Waals surface area contributed by atoms with Gasteiger partial charge in [0.15, 0.2) is 0 Å². The van der Waals surface area contributed by atoms with Crippen molar-refractivity contribution in [1.29, 1.82) is 0 Å². The lowest BCUT2D eigenvalue weighted by molar-refractivity contribution is -0.133. The summed E-state index contributed by atoms with van der Waals surface area (Å²) in [6, 6.07) is 10.7. The Balaban J connectivity index is 1.53. The van der Waals surface area contributed by atoms with Crippen molar-refractivity contribution >= 4 is 17.7 Å². The fraction of sp³-hybridized carbons (Fsp3) is 0.632. The molecule has 2 aliphatic heterocycles. The molecular formula is C19H29N3OS. The summed E-state index contributed by atoms with van der Waals surface area (Å²) in [6.07, 6.45) is 0.653. The summed E-state index contributed by atoms with van der Waals surface area (Å²) in [5.41, 5.74) is 1.27. The Bertz CT molecular complexity index is 517. The average Bonchev–Trinajstić information content (AvgIpc) is 2.67. The molecule has 0 aromatic heterocycles. The molecule has 1 aromatic rings. The highest BCUT2D eigenvalue weighted by molar-refractivity contribution is 7.99. The molecule has 0 saturated carbocycles. The molecule has 0 bridgehead atoms. The number of carbonyl (C=O) groups is 1. The highest BCUT2D eigenvalue weighted by Crippen LogP contribution is 2.29. The second-order valence-electron chi connectivity index (χ2n) is 6.61. The lowest BCUT2D eigenvalue weighted by Crippen LogP contribution is -2.47. The van der Waals surface area contributed by atoms with Crippen LogP contribution in [0.1, 0.15) is 24.9 Å². The molecule has 1 amide bonds. The van der Waals surface area contributed by atoms with Gasteiger partial charge in [0.2, 0.25) is 5.91 Å². The molecule has 0 N–H and O–H groups in total. The molecule has 0 aliphatic carbocycles. The van der Waals surface area contributed by atoms with Crippen LogP contribution in [0, 0.1) is 0 Å². The number of hydrogen-bond donors (Lipinski definition) is 0. The summed E-state index contributed by atoms with van der Waals surface area (Å²) in [5.74, 6) is 2.40. The number of carbonyl (C=O) groups excluding carboxylic acids is 1. The van der Waals surface area contributed by atoms with Crippen LogP contribution in [0.2, 0.25) is 0 Å². The second kappa shape index (κ2) is 8.88. The van der Waals surface area contributed by atoms with Crippen molar-refractivity contribution < 1.29 is 4.79 Å². The third kappa shape index (κ3) is 4.52. The third-order valence-corrected chi connectivity index (χ3v) is 6.21. The Morgan fingerprint density at radius 2 is 1.79 bits per heavy atom.